The van der Waals surface area contributed by atoms with Gasteiger partial charge in [0.05, 0.1) is 11.7 Å². The predicted octanol–water partition coefficient (Wildman–Crippen LogP) is 3.05. The van der Waals surface area contributed by atoms with Crippen molar-refractivity contribution in [3.63, 3.8) is 0 Å². The van der Waals surface area contributed by atoms with Gasteiger partial charge in [0.15, 0.2) is 0 Å². The molecule has 27 heavy (non-hydrogen) atoms. The van der Waals surface area contributed by atoms with Gasteiger partial charge in [0.1, 0.15) is 5.82 Å². The van der Waals surface area contributed by atoms with Crippen molar-refractivity contribution >= 4 is 11.6 Å². The summed E-state index contributed by atoms with van der Waals surface area (Å²) >= 11 is 0. The summed E-state index contributed by atoms with van der Waals surface area (Å²) in [5, 5.41) is 2.60. The van der Waals surface area contributed by atoms with Gasteiger partial charge >= 0.3 is 5.69 Å². The van der Waals surface area contributed by atoms with Crippen LogP contribution in [0.25, 0.3) is 0 Å². The summed E-state index contributed by atoms with van der Waals surface area (Å²) < 4.78 is 15.6. The number of carbonyl (C=O) groups is 1. The number of hydrogen-bond acceptors (Lipinski definition) is 3. The van der Waals surface area contributed by atoms with Crippen molar-refractivity contribution in [3.05, 3.63) is 62.7 Å². The maximum absolute atomic E-state index is 14.2. The van der Waals surface area contributed by atoms with E-state index >= 15 is 0 Å². The molecule has 1 saturated carbocycles. The highest BCUT2D eigenvalue weighted by Crippen LogP contribution is 2.37. The number of rotatable bonds is 7. The van der Waals surface area contributed by atoms with Gasteiger partial charge in [-0.15, -0.1) is 0 Å². The van der Waals surface area contributed by atoms with Crippen LogP contribution in [0.15, 0.2) is 40.1 Å². The van der Waals surface area contributed by atoms with Crippen molar-refractivity contribution in [3.8, 4) is 0 Å². The van der Waals surface area contributed by atoms with E-state index in [2.05, 4.69) is 10.3 Å². The fourth-order valence-electron chi connectivity index (χ4n) is 3.06. The molecule has 0 bridgehead atoms. The molecule has 2 N–H and O–H groups in total. The van der Waals surface area contributed by atoms with Gasteiger partial charge < -0.3 is 5.32 Å². The van der Waals surface area contributed by atoms with Gasteiger partial charge in [-0.1, -0.05) is 32.8 Å². The van der Waals surface area contributed by atoms with Crippen LogP contribution in [0.5, 0.6) is 0 Å². The summed E-state index contributed by atoms with van der Waals surface area (Å²) in [5.74, 6) is -0.420. The molecule has 3 rings (SSSR count). The van der Waals surface area contributed by atoms with Crippen molar-refractivity contribution < 1.29 is 9.18 Å². The smallest absolute Gasteiger partial charge is 0.323 e. The highest BCUT2D eigenvalue weighted by atomic mass is 19.1. The summed E-state index contributed by atoms with van der Waals surface area (Å²) in [7, 11) is 0. The van der Waals surface area contributed by atoms with Crippen LogP contribution in [0.1, 0.15) is 51.1 Å². The molecule has 6 nitrogen and oxygen atoms in total. The summed E-state index contributed by atoms with van der Waals surface area (Å²) in [6.45, 7) is 3.46. The second-order valence-corrected chi connectivity index (χ2v) is 7.44. The Balaban J connectivity index is 1.96. The van der Waals surface area contributed by atoms with Crippen molar-refractivity contribution in [2.75, 3.05) is 5.32 Å². The standard InChI is InChI=1S/C20H24FN3O3/c1-12(2)19(26)22-16-11-14(6-7-15(16)21)17(8-5-13-3-4-13)24-10-9-18(25)23-20(24)27/h6-7,9-13,17H,3-5,8H2,1-2H3,(H,22,26)(H,23,25,27). The molecule has 1 atom stereocenters. The highest BCUT2D eigenvalue weighted by molar-refractivity contribution is 5.92. The highest BCUT2D eigenvalue weighted by Gasteiger charge is 2.25. The van der Waals surface area contributed by atoms with E-state index in [1.54, 1.807) is 26.0 Å². The number of benzene rings is 1. The Morgan fingerprint density at radius 1 is 1.30 bits per heavy atom. The SMILES string of the molecule is CC(C)C(=O)Nc1cc(C(CCC2CC2)n2ccc(=O)[nH]c2=O)ccc1F. The minimum atomic E-state index is -0.525. The molecule has 1 unspecified atom stereocenters. The number of aromatic nitrogens is 2. The van der Waals surface area contributed by atoms with E-state index in [0.29, 0.717) is 17.9 Å². The average molecular weight is 373 g/mol. The molecule has 2 aromatic rings. The van der Waals surface area contributed by atoms with Gasteiger partial charge in [-0.05, 0) is 36.5 Å². The van der Waals surface area contributed by atoms with E-state index in [4.69, 9.17) is 0 Å². The molecule has 144 valence electrons. The first-order valence-corrected chi connectivity index (χ1v) is 9.27. The first-order chi connectivity index (χ1) is 12.8. The van der Waals surface area contributed by atoms with Gasteiger partial charge in [-0.3, -0.25) is 19.1 Å². The maximum Gasteiger partial charge on any atom is 0.328 e. The van der Waals surface area contributed by atoms with E-state index in [0.717, 1.165) is 6.42 Å². The van der Waals surface area contributed by atoms with E-state index in [1.807, 2.05) is 0 Å². The molecular weight excluding hydrogens is 349 g/mol. The Kier molecular flexibility index (Phi) is 5.58. The van der Waals surface area contributed by atoms with Gasteiger partial charge in [-0.2, -0.15) is 0 Å². The zero-order valence-corrected chi connectivity index (χ0v) is 15.5. The Morgan fingerprint density at radius 3 is 2.67 bits per heavy atom. The Bertz CT molecular complexity index is 944. The van der Waals surface area contributed by atoms with E-state index in [9.17, 15) is 18.8 Å². The molecule has 1 fully saturated rings. The second-order valence-electron chi connectivity index (χ2n) is 7.44. The first kappa shape index (κ1) is 19.1. The van der Waals surface area contributed by atoms with Crippen LogP contribution in [-0.4, -0.2) is 15.5 Å². The lowest BCUT2D eigenvalue weighted by molar-refractivity contribution is -0.118. The average Bonchev–Trinajstić information content (AvgIpc) is 3.43. The molecule has 7 heteroatoms. The number of nitrogens with one attached hydrogen (secondary N) is 2. The first-order valence-electron chi connectivity index (χ1n) is 9.27. The van der Waals surface area contributed by atoms with Crippen molar-refractivity contribution in [1.29, 1.82) is 0 Å². The maximum atomic E-state index is 14.2. The Morgan fingerprint density at radius 2 is 2.04 bits per heavy atom. The number of hydrogen-bond donors (Lipinski definition) is 2. The molecule has 1 aliphatic carbocycles. The molecule has 0 radical (unpaired) electrons. The fourth-order valence-corrected chi connectivity index (χ4v) is 3.06. The van der Waals surface area contributed by atoms with Gasteiger partial charge in [-0.25, -0.2) is 9.18 Å². The van der Waals surface area contributed by atoms with Crippen LogP contribution in [0.3, 0.4) is 0 Å². The normalized spacial score (nSPS) is 15.0. The van der Waals surface area contributed by atoms with Crippen LogP contribution in [0, 0.1) is 17.7 Å². The summed E-state index contributed by atoms with van der Waals surface area (Å²) in [6, 6.07) is 5.45. The van der Waals surface area contributed by atoms with Gasteiger partial charge in [0.2, 0.25) is 5.91 Å². The van der Waals surface area contributed by atoms with Crippen molar-refractivity contribution in [1.82, 2.24) is 9.55 Å². The lowest BCUT2D eigenvalue weighted by Crippen LogP contribution is -2.32. The molecule has 1 aromatic heterocycles. The topological polar surface area (TPSA) is 84.0 Å². The van der Waals surface area contributed by atoms with E-state index in [1.165, 1.54) is 35.7 Å². The van der Waals surface area contributed by atoms with Gasteiger partial charge in [0, 0.05) is 18.2 Å². The second kappa shape index (κ2) is 7.90. The monoisotopic (exact) mass is 373 g/mol. The molecule has 1 amide bonds. The third kappa shape index (κ3) is 4.72. The van der Waals surface area contributed by atoms with Crippen molar-refractivity contribution in [2.24, 2.45) is 11.8 Å². The molecular formula is C20H24FN3O3. The third-order valence-electron chi connectivity index (χ3n) is 4.89. The summed E-state index contributed by atoms with van der Waals surface area (Å²) in [4.78, 5) is 37.9. The van der Waals surface area contributed by atoms with Crippen LogP contribution >= 0.6 is 0 Å². The Labute approximate surface area is 156 Å². The number of amides is 1. The zero-order chi connectivity index (χ0) is 19.6. The predicted molar refractivity (Wildman–Crippen MR) is 101 cm³/mol. The number of aromatic amines is 1. The zero-order valence-electron chi connectivity index (χ0n) is 15.5. The lowest BCUT2D eigenvalue weighted by atomic mass is 9.99. The minimum absolute atomic E-state index is 0.0973. The third-order valence-corrected chi connectivity index (χ3v) is 4.89. The quantitative estimate of drug-likeness (QED) is 0.782. The van der Waals surface area contributed by atoms with Crippen LogP contribution in [-0.2, 0) is 4.79 Å². The number of halogens is 1. The molecule has 0 saturated heterocycles. The van der Waals surface area contributed by atoms with Crippen LogP contribution in [0.4, 0.5) is 10.1 Å². The Hall–Kier alpha value is -2.70. The molecule has 1 aliphatic rings. The molecule has 1 heterocycles. The van der Waals surface area contributed by atoms with Crippen LogP contribution in [0.2, 0.25) is 0 Å². The molecule has 1 aromatic carbocycles. The largest absolute Gasteiger partial charge is 0.328 e. The minimum Gasteiger partial charge on any atom is -0.323 e. The van der Waals surface area contributed by atoms with Crippen molar-refractivity contribution in [2.45, 2.75) is 45.6 Å². The number of anilines is 1. The van der Waals surface area contributed by atoms with E-state index in [-0.39, 0.29) is 23.6 Å². The molecule has 0 spiro atoms. The number of carbonyl (C=O) groups excluding carboxylic acids is 1. The molecule has 0 aliphatic heterocycles. The van der Waals surface area contributed by atoms with Crippen LogP contribution < -0.4 is 16.6 Å². The summed E-state index contributed by atoms with van der Waals surface area (Å²) in [6.07, 6.45) is 5.48. The van der Waals surface area contributed by atoms with Gasteiger partial charge in [0.25, 0.3) is 5.56 Å². The number of nitrogens with zero attached hydrogens (tertiary/aromatic N) is 1. The lowest BCUT2D eigenvalue weighted by Gasteiger charge is -2.21. The van der Waals surface area contributed by atoms with E-state index < -0.39 is 17.1 Å². The fraction of sp³-hybridized carbons (Fsp3) is 0.450. The summed E-state index contributed by atoms with van der Waals surface area (Å²) in [5.41, 5.74) is -0.146. The number of H-pyrrole nitrogens is 1.